The lowest BCUT2D eigenvalue weighted by Crippen LogP contribution is -2.38. The Morgan fingerprint density at radius 1 is 0.449 bits per heavy atom. The van der Waals surface area contributed by atoms with E-state index in [4.69, 9.17) is 40.0 Å². The number of hydrogen-bond donors (Lipinski definition) is 1. The molecule has 2 saturated carbocycles. The van der Waals surface area contributed by atoms with Crippen molar-refractivity contribution in [2.45, 2.75) is 83.3 Å². The average molecular weight is 1620 g/mol. The minimum Gasteiger partial charge on any atom is -0.478 e. The Kier molecular flexibility index (Phi) is 29.8. The molecule has 0 spiro atoms. The summed E-state index contributed by atoms with van der Waals surface area (Å²) in [5.74, 6) is 0.236. The van der Waals surface area contributed by atoms with E-state index in [0.29, 0.717) is 59.1 Å². The Labute approximate surface area is 647 Å². The molecule has 107 heavy (non-hydrogen) atoms. The van der Waals surface area contributed by atoms with Gasteiger partial charge in [0.2, 0.25) is 0 Å². The van der Waals surface area contributed by atoms with Crippen LogP contribution in [0.2, 0.25) is 0 Å². The number of fused-ring (bicyclic) bond motifs is 5. The molecule has 3 aromatic heterocycles. The highest BCUT2D eigenvalue weighted by atomic mass is 79.9. The zero-order valence-corrected chi connectivity index (χ0v) is 65.6. The van der Waals surface area contributed by atoms with Crippen molar-refractivity contribution in [2.24, 2.45) is 0 Å². The Morgan fingerprint density at radius 2 is 0.832 bits per heavy atom. The number of carboxylic acids is 1. The number of nitrogens with zero attached hydrogens (tertiary/aromatic N) is 7. The number of carbonyl (C=O) groups is 6. The smallest absolute Gasteiger partial charge is 0.338 e. The normalized spacial score (nSPS) is 17.3. The molecule has 5 aromatic carbocycles. The molecule has 4 aliphatic heterocycles. The molecule has 0 atom stereocenters. The topological polar surface area (TPSA) is 224 Å². The van der Waals surface area contributed by atoms with Crippen LogP contribution in [0.1, 0.15) is 130 Å². The van der Waals surface area contributed by atoms with E-state index in [-0.39, 0.29) is 29.7 Å². The number of carboxylic acid groups (broad SMARTS) is 1. The van der Waals surface area contributed by atoms with Gasteiger partial charge in [0.15, 0.2) is 0 Å². The second kappa shape index (κ2) is 39.7. The molecule has 6 fully saturated rings. The lowest BCUT2D eigenvalue weighted by Gasteiger charge is -2.27. The molecule has 16 rings (SSSR count). The van der Waals surface area contributed by atoms with Crippen molar-refractivity contribution in [1.29, 1.82) is 0 Å². The monoisotopic (exact) mass is 1610 g/mol. The zero-order chi connectivity index (χ0) is 75.3. The number of hydrogen-bond acceptors (Lipinski definition) is 18. The van der Waals surface area contributed by atoms with Crippen molar-refractivity contribution in [3.63, 3.8) is 0 Å². The number of esters is 4. The number of benzene rings is 5. The number of methoxy groups -OCH3 is 3. The highest BCUT2D eigenvalue weighted by molar-refractivity contribution is 9.11. The summed E-state index contributed by atoms with van der Waals surface area (Å²) >= 11 is 12.6. The molecular weight excluding hydrogens is 1520 g/mol. The summed E-state index contributed by atoms with van der Waals surface area (Å²) in [6, 6.07) is 34.5. The second-order valence-corrected chi connectivity index (χ2v) is 29.7. The number of alkyl halides is 1. The van der Waals surface area contributed by atoms with Crippen molar-refractivity contribution < 1.29 is 71.8 Å². The predicted molar refractivity (Wildman–Crippen MR) is 420 cm³/mol. The number of allylic oxidation sites excluding steroid dienone is 1. The van der Waals surface area contributed by atoms with Crippen LogP contribution in [0, 0.1) is 0 Å². The van der Waals surface area contributed by atoms with Gasteiger partial charge in [0.25, 0.3) is 0 Å². The fourth-order valence-corrected chi connectivity index (χ4v) is 15.5. The molecule has 8 aromatic rings. The van der Waals surface area contributed by atoms with Crippen molar-refractivity contribution in [1.82, 2.24) is 33.3 Å². The van der Waals surface area contributed by atoms with E-state index in [0.717, 1.165) is 216 Å². The van der Waals surface area contributed by atoms with E-state index < -0.39 is 5.97 Å². The van der Waals surface area contributed by atoms with Gasteiger partial charge in [0.05, 0.1) is 113 Å². The lowest BCUT2D eigenvalue weighted by molar-refractivity contribution is -0.117. The van der Waals surface area contributed by atoms with Crippen LogP contribution in [-0.4, -0.2) is 239 Å². The summed E-state index contributed by atoms with van der Waals surface area (Å²) in [6.07, 6.45) is 8.94. The van der Waals surface area contributed by atoms with Crippen LogP contribution in [0.15, 0.2) is 118 Å². The van der Waals surface area contributed by atoms with Gasteiger partial charge in [-0.1, -0.05) is 28.1 Å². The number of morpholine rings is 4. The van der Waals surface area contributed by atoms with Crippen molar-refractivity contribution in [3.8, 4) is 0 Å². The van der Waals surface area contributed by atoms with Crippen LogP contribution in [0.5, 0.6) is 0 Å². The third-order valence-corrected chi connectivity index (χ3v) is 21.6. The van der Waals surface area contributed by atoms with Gasteiger partial charge in [-0.25, -0.2) is 24.0 Å². The third kappa shape index (κ3) is 22.3. The molecule has 0 bridgehead atoms. The van der Waals surface area contributed by atoms with Gasteiger partial charge in [0, 0.05) is 172 Å². The van der Waals surface area contributed by atoms with Crippen molar-refractivity contribution in [2.75, 3.05) is 165 Å². The molecular formula is C82H98Br2ClN7O15. The van der Waals surface area contributed by atoms with Crippen LogP contribution in [0.4, 0.5) is 0 Å². The number of Topliss-reactive ketones (excluding diaryl/α,β-unsaturated/α-hetero) is 1. The molecule has 0 radical (unpaired) electrons. The number of aromatic nitrogens is 3. The van der Waals surface area contributed by atoms with E-state index in [1.807, 2.05) is 73.7 Å². The number of aromatic carboxylic acids is 1. The Balaban J connectivity index is 0.000000131. The first-order valence-electron chi connectivity index (χ1n) is 37.1. The largest absolute Gasteiger partial charge is 0.478 e. The Hall–Kier alpha value is -7.59. The molecule has 0 unspecified atom stereocenters. The van der Waals surface area contributed by atoms with E-state index in [1.54, 1.807) is 30.3 Å². The van der Waals surface area contributed by atoms with Gasteiger partial charge < -0.3 is 56.7 Å². The van der Waals surface area contributed by atoms with Crippen LogP contribution in [-0.2, 0) is 81.6 Å². The molecule has 1 N–H and O–H groups in total. The maximum Gasteiger partial charge on any atom is 0.338 e. The molecule has 25 heteroatoms. The maximum atomic E-state index is 12.0. The van der Waals surface area contributed by atoms with E-state index in [9.17, 15) is 33.9 Å². The minimum atomic E-state index is -0.860. The van der Waals surface area contributed by atoms with E-state index in [1.165, 1.54) is 69.5 Å². The highest BCUT2D eigenvalue weighted by Gasteiger charge is 2.31. The number of ether oxygens (including phenoxy) is 8. The quantitative estimate of drug-likeness (QED) is 0.0451. The van der Waals surface area contributed by atoms with E-state index in [2.05, 4.69) is 92.8 Å². The minimum absolute atomic E-state index is 0.210. The van der Waals surface area contributed by atoms with Gasteiger partial charge in [-0.05, 0) is 186 Å². The standard InChI is InChI=1S/C20H26N2O3.C18H22N2O3.C16H19BrN2O3.C11H9BrO2.C11H10O3.C6H12ClNO/c1-2-25-20(23)16-5-6-18-17(13-16)14-19(15-3-4-15)22(18)8-7-21-9-11-24-12-10-21;21-18(22)14-3-4-16-15(11-14)12-17(13-1-2-13)20(16)6-5-19-7-9-23-10-8-19;1-21-16(20)12-2-3-14-13(10-12)11-15(17)19(14)5-4-18-6-8-22-9-7-18;2*1-14-11(13)8-3-2-7-5-10(12)6-9(7)4-8;7-1-2-8-3-5-9-6-4-8/h5-6,13-15H,2-4,7-12H2,1H3;3-4,11-13H,1-2,5-10H2,(H,21,22);2-3,10-11H,4-9H2,1H3;2-4,6H,5H2,1H3;2-4H,5-6H2,1H3;1-6H2. The van der Waals surface area contributed by atoms with Gasteiger partial charge in [0.1, 0.15) is 5.78 Å². The number of halogens is 3. The molecule has 7 heterocycles. The van der Waals surface area contributed by atoms with Crippen LogP contribution < -0.4 is 0 Å². The van der Waals surface area contributed by atoms with Crippen LogP contribution in [0.3, 0.4) is 0 Å². The molecule has 4 aliphatic carbocycles. The van der Waals surface area contributed by atoms with Gasteiger partial charge in [-0.15, -0.1) is 11.6 Å². The summed E-state index contributed by atoms with van der Waals surface area (Å²) in [7, 11) is 4.14. The predicted octanol–water partition coefficient (Wildman–Crippen LogP) is 12.6. The maximum absolute atomic E-state index is 12.0. The second-order valence-electron chi connectivity index (χ2n) is 27.5. The number of carbonyl (C=O) groups excluding carboxylic acids is 5. The average Bonchev–Trinajstić information content (AvgIpc) is 1.63. The summed E-state index contributed by atoms with van der Waals surface area (Å²) in [6.45, 7) is 24.0. The van der Waals surface area contributed by atoms with Gasteiger partial charge in [-0.3, -0.25) is 24.4 Å². The summed E-state index contributed by atoms with van der Waals surface area (Å²) in [4.78, 5) is 78.0. The first-order chi connectivity index (χ1) is 52.0. The number of ketones is 1. The van der Waals surface area contributed by atoms with Crippen molar-refractivity contribution in [3.05, 3.63) is 180 Å². The zero-order valence-electron chi connectivity index (χ0n) is 61.7. The third-order valence-electron chi connectivity index (χ3n) is 20.3. The fourth-order valence-electron chi connectivity index (χ4n) is 14.1. The SMILES string of the molecule is CCOC(=O)c1ccc2c(c1)cc(C1CC1)n2CCN1CCOCC1.COC(=O)c1ccc2c(c1)C=C(Br)C2.COC(=O)c1ccc2c(c1)CC(=O)C2.COC(=O)c1ccc2c(c1)cc(Br)n2CCN1CCOCC1.ClCCN1CCOCC1.O=C(O)c1ccc2c(c1)cc(C1CC1)n2CCN1CCOCC1. The number of rotatable bonds is 19. The van der Waals surface area contributed by atoms with Crippen LogP contribution in [0.25, 0.3) is 38.8 Å². The molecule has 0 amide bonds. The Bertz CT molecular complexity index is 4420. The summed E-state index contributed by atoms with van der Waals surface area (Å²) in [5.41, 5.74) is 13.3. The first kappa shape index (κ1) is 80.4. The Morgan fingerprint density at radius 3 is 1.28 bits per heavy atom. The van der Waals surface area contributed by atoms with Gasteiger partial charge in [-0.2, -0.15) is 0 Å². The summed E-state index contributed by atoms with van der Waals surface area (Å²) < 4.78 is 49.8. The fraction of sp³-hybridized carbons (Fsp3) is 0.463. The molecule has 572 valence electrons. The molecule has 22 nitrogen and oxygen atoms in total. The molecule has 8 aliphatic rings. The first-order valence-corrected chi connectivity index (χ1v) is 39.2. The van der Waals surface area contributed by atoms with E-state index >= 15 is 0 Å². The van der Waals surface area contributed by atoms with Crippen LogP contribution >= 0.6 is 43.5 Å². The highest BCUT2D eigenvalue weighted by Crippen LogP contribution is 2.44. The molecule has 4 saturated heterocycles. The van der Waals surface area contributed by atoms with Gasteiger partial charge >= 0.3 is 29.8 Å². The lowest BCUT2D eigenvalue weighted by atomic mass is 10.1. The van der Waals surface area contributed by atoms with Crippen molar-refractivity contribution >= 4 is 118 Å². The summed E-state index contributed by atoms with van der Waals surface area (Å²) in [5, 5.41) is 12.4.